The average Bonchev–Trinajstić information content (AvgIpc) is 3.58. The van der Waals surface area contributed by atoms with E-state index in [2.05, 4.69) is 47.9 Å². The maximum Gasteiger partial charge on any atom is 0.196 e. The van der Waals surface area contributed by atoms with E-state index in [0.717, 1.165) is 41.9 Å². The molecule has 0 bridgehead atoms. The van der Waals surface area contributed by atoms with Crippen molar-refractivity contribution in [1.29, 1.82) is 0 Å². The standard InChI is InChI=1S/C32H16Br2N4O2/c33-15-5-8-24-20(11-15)22(13-35-24)28-29(23-14-36-25-9-6-16(34)12-21(23)25)38-30-26(37-28)10-7-19-27(30)32(40)18-4-2-1-3-17(18)31(19)39/h1-14,35-36H. The van der Waals surface area contributed by atoms with Gasteiger partial charge in [-0.05, 0) is 48.5 Å². The van der Waals surface area contributed by atoms with Crippen LogP contribution in [0.3, 0.4) is 0 Å². The lowest BCUT2D eigenvalue weighted by atomic mass is 9.83. The van der Waals surface area contributed by atoms with Crippen LogP contribution in [0.1, 0.15) is 31.8 Å². The number of benzene rings is 4. The van der Waals surface area contributed by atoms with E-state index in [1.54, 1.807) is 36.4 Å². The number of ketones is 2. The Morgan fingerprint density at radius 1 is 0.575 bits per heavy atom. The van der Waals surface area contributed by atoms with Crippen LogP contribution in [0.15, 0.2) is 94.1 Å². The summed E-state index contributed by atoms with van der Waals surface area (Å²) < 4.78 is 1.88. The molecular weight excluding hydrogens is 632 g/mol. The molecule has 2 N–H and O–H groups in total. The molecule has 6 nitrogen and oxygen atoms in total. The second kappa shape index (κ2) is 8.55. The Balaban J connectivity index is 1.49. The first-order valence-corrected chi connectivity index (χ1v) is 14.1. The van der Waals surface area contributed by atoms with Gasteiger partial charge in [-0.2, -0.15) is 0 Å². The molecule has 0 amide bonds. The zero-order chi connectivity index (χ0) is 27.1. The van der Waals surface area contributed by atoms with Crippen molar-refractivity contribution in [2.24, 2.45) is 0 Å². The second-order valence-corrected chi connectivity index (χ2v) is 11.6. The Morgan fingerprint density at radius 2 is 1.15 bits per heavy atom. The summed E-state index contributed by atoms with van der Waals surface area (Å²) in [6.45, 7) is 0. The van der Waals surface area contributed by atoms with E-state index in [1.807, 2.05) is 42.7 Å². The minimum Gasteiger partial charge on any atom is -0.360 e. The van der Waals surface area contributed by atoms with Crippen LogP contribution in [0, 0.1) is 0 Å². The van der Waals surface area contributed by atoms with Gasteiger partial charge in [-0.15, -0.1) is 0 Å². The lowest BCUT2D eigenvalue weighted by Crippen LogP contribution is -2.21. The number of aromatic amines is 2. The highest BCUT2D eigenvalue weighted by Crippen LogP contribution is 2.41. The molecule has 0 saturated heterocycles. The van der Waals surface area contributed by atoms with Crippen LogP contribution in [-0.2, 0) is 0 Å². The van der Waals surface area contributed by atoms with Gasteiger partial charge in [0, 0.05) is 71.0 Å². The number of nitrogens with zero attached hydrogens (tertiary/aromatic N) is 2. The van der Waals surface area contributed by atoms with Crippen molar-refractivity contribution in [2.45, 2.75) is 0 Å². The summed E-state index contributed by atoms with van der Waals surface area (Å²) in [7, 11) is 0. The molecule has 3 aromatic heterocycles. The Kier molecular flexibility index (Phi) is 5.02. The summed E-state index contributed by atoms with van der Waals surface area (Å²) in [6, 6.07) is 22.5. The van der Waals surface area contributed by atoms with E-state index in [1.165, 1.54) is 0 Å². The number of fused-ring (bicyclic) bond motifs is 6. The molecule has 0 aliphatic heterocycles. The number of H-pyrrole nitrogens is 2. The smallest absolute Gasteiger partial charge is 0.196 e. The highest BCUT2D eigenvalue weighted by molar-refractivity contribution is 9.10. The van der Waals surface area contributed by atoms with Crippen LogP contribution in [0.25, 0.3) is 55.4 Å². The van der Waals surface area contributed by atoms with Crippen molar-refractivity contribution < 1.29 is 9.59 Å². The van der Waals surface area contributed by atoms with Gasteiger partial charge in [0.25, 0.3) is 0 Å². The molecule has 0 unspecified atom stereocenters. The molecule has 1 aliphatic rings. The van der Waals surface area contributed by atoms with Crippen LogP contribution in [-0.4, -0.2) is 31.5 Å². The van der Waals surface area contributed by atoms with Gasteiger partial charge < -0.3 is 9.97 Å². The van der Waals surface area contributed by atoms with E-state index in [0.29, 0.717) is 44.7 Å². The number of nitrogens with one attached hydrogen (secondary N) is 2. The molecular formula is C32H16Br2N4O2. The molecule has 7 aromatic rings. The molecule has 0 radical (unpaired) electrons. The molecule has 8 heteroatoms. The number of aromatic nitrogens is 4. The number of carbonyl (C=O) groups excluding carboxylic acids is 2. The molecule has 40 heavy (non-hydrogen) atoms. The predicted octanol–water partition coefficient (Wildman–Crippen LogP) is 8.23. The number of carbonyl (C=O) groups is 2. The quantitative estimate of drug-likeness (QED) is 0.198. The van der Waals surface area contributed by atoms with Crippen molar-refractivity contribution in [3.63, 3.8) is 0 Å². The Morgan fingerprint density at radius 3 is 1.77 bits per heavy atom. The molecule has 8 rings (SSSR count). The lowest BCUT2D eigenvalue weighted by molar-refractivity contribution is 0.0980. The third-order valence-corrected chi connectivity index (χ3v) is 8.51. The normalized spacial score (nSPS) is 12.8. The molecule has 0 saturated carbocycles. The number of hydrogen-bond acceptors (Lipinski definition) is 4. The third-order valence-electron chi connectivity index (χ3n) is 7.52. The topological polar surface area (TPSA) is 91.5 Å². The van der Waals surface area contributed by atoms with Crippen molar-refractivity contribution in [3.8, 4) is 22.5 Å². The van der Waals surface area contributed by atoms with Gasteiger partial charge in [-0.3, -0.25) is 9.59 Å². The largest absolute Gasteiger partial charge is 0.360 e. The first kappa shape index (κ1) is 23.5. The highest BCUT2D eigenvalue weighted by atomic mass is 79.9. The van der Waals surface area contributed by atoms with Gasteiger partial charge in [-0.25, -0.2) is 9.97 Å². The van der Waals surface area contributed by atoms with Gasteiger partial charge >= 0.3 is 0 Å². The molecule has 1 aliphatic carbocycles. The van der Waals surface area contributed by atoms with Gasteiger partial charge in [0.1, 0.15) is 5.52 Å². The summed E-state index contributed by atoms with van der Waals surface area (Å²) in [5, 5.41) is 1.95. The zero-order valence-electron chi connectivity index (χ0n) is 20.5. The van der Waals surface area contributed by atoms with Crippen LogP contribution in [0.5, 0.6) is 0 Å². The van der Waals surface area contributed by atoms with Crippen molar-refractivity contribution in [3.05, 3.63) is 116 Å². The van der Waals surface area contributed by atoms with E-state index < -0.39 is 0 Å². The molecule has 0 atom stereocenters. The highest BCUT2D eigenvalue weighted by Gasteiger charge is 2.32. The van der Waals surface area contributed by atoms with Gasteiger partial charge in [0.05, 0.1) is 22.5 Å². The van der Waals surface area contributed by atoms with E-state index in [-0.39, 0.29) is 11.6 Å². The van der Waals surface area contributed by atoms with E-state index >= 15 is 0 Å². The summed E-state index contributed by atoms with van der Waals surface area (Å²) in [5.74, 6) is -0.404. The molecule has 0 fully saturated rings. The van der Waals surface area contributed by atoms with Crippen LogP contribution in [0.2, 0.25) is 0 Å². The van der Waals surface area contributed by atoms with Crippen molar-refractivity contribution >= 4 is 76.3 Å². The van der Waals surface area contributed by atoms with Crippen LogP contribution < -0.4 is 0 Å². The number of halogens is 2. The Hall–Kier alpha value is -4.40. The maximum atomic E-state index is 13.8. The third kappa shape index (κ3) is 3.33. The Bertz CT molecular complexity index is 2250. The first-order chi connectivity index (χ1) is 19.5. The van der Waals surface area contributed by atoms with Crippen molar-refractivity contribution in [1.82, 2.24) is 19.9 Å². The lowest BCUT2D eigenvalue weighted by Gasteiger charge is -2.19. The fraction of sp³-hybridized carbons (Fsp3) is 0. The summed E-state index contributed by atoms with van der Waals surface area (Å²) in [4.78, 5) is 44.2. The summed E-state index contributed by atoms with van der Waals surface area (Å²) in [6.07, 6.45) is 3.85. The molecule has 0 spiro atoms. The summed E-state index contributed by atoms with van der Waals surface area (Å²) >= 11 is 7.20. The minimum absolute atomic E-state index is 0.183. The molecule has 4 aromatic carbocycles. The monoisotopic (exact) mass is 646 g/mol. The van der Waals surface area contributed by atoms with Gasteiger partial charge in [0.2, 0.25) is 0 Å². The molecule has 190 valence electrons. The van der Waals surface area contributed by atoms with Crippen LogP contribution in [0.4, 0.5) is 0 Å². The molecule has 3 heterocycles. The Labute approximate surface area is 243 Å². The fourth-order valence-electron chi connectivity index (χ4n) is 5.65. The fourth-order valence-corrected chi connectivity index (χ4v) is 6.37. The SMILES string of the molecule is O=C1c2ccccc2C(=O)c2c1ccc1nc(-c3c[nH]c4ccc(Br)cc34)c(-c3c[nH]c4ccc(Br)cc34)nc21. The summed E-state index contributed by atoms with van der Waals surface area (Å²) in [5.41, 5.74) is 7.33. The van der Waals surface area contributed by atoms with Gasteiger partial charge in [0.15, 0.2) is 11.6 Å². The number of hydrogen-bond donors (Lipinski definition) is 2. The van der Waals surface area contributed by atoms with Crippen LogP contribution >= 0.6 is 31.9 Å². The average molecular weight is 648 g/mol. The predicted molar refractivity (Wildman–Crippen MR) is 163 cm³/mol. The minimum atomic E-state index is -0.221. The number of rotatable bonds is 2. The van der Waals surface area contributed by atoms with Gasteiger partial charge in [-0.1, -0.05) is 56.1 Å². The zero-order valence-corrected chi connectivity index (χ0v) is 23.7. The maximum absolute atomic E-state index is 13.8. The van der Waals surface area contributed by atoms with E-state index in [9.17, 15) is 9.59 Å². The first-order valence-electron chi connectivity index (χ1n) is 12.5. The van der Waals surface area contributed by atoms with E-state index in [4.69, 9.17) is 9.97 Å². The van der Waals surface area contributed by atoms with Crippen molar-refractivity contribution in [2.75, 3.05) is 0 Å². The second-order valence-electron chi connectivity index (χ2n) is 9.77.